The van der Waals surface area contributed by atoms with Gasteiger partial charge in [0.05, 0.1) is 18.8 Å². The highest BCUT2D eigenvalue weighted by Gasteiger charge is 2.20. The van der Waals surface area contributed by atoms with E-state index < -0.39 is 38.9 Å². The van der Waals surface area contributed by atoms with Crippen molar-refractivity contribution in [1.82, 2.24) is 10.0 Å². The molecule has 0 aliphatic carbocycles. The number of benzene rings is 1. The summed E-state index contributed by atoms with van der Waals surface area (Å²) >= 11 is 0. The number of hydrogen-bond acceptors (Lipinski definition) is 5. The molecule has 1 amide bonds. The van der Waals surface area contributed by atoms with Gasteiger partial charge in [-0.1, -0.05) is 6.07 Å². The average Bonchev–Trinajstić information content (AvgIpc) is 2.40. The Kier molecular flexibility index (Phi) is 5.86. The Morgan fingerprint density at radius 3 is 2.80 bits per heavy atom. The monoisotopic (exact) mass is 305 g/mol. The zero-order chi connectivity index (χ0) is 15.2. The largest absolute Gasteiger partial charge is 0.395 e. The van der Waals surface area contributed by atoms with Crippen molar-refractivity contribution in [3.8, 4) is 0 Å². The highest BCUT2D eigenvalue weighted by molar-refractivity contribution is 7.89. The van der Waals surface area contributed by atoms with Gasteiger partial charge < -0.3 is 15.8 Å². The molecule has 0 radical (unpaired) electrons. The number of rotatable bonds is 7. The number of carbonyl (C=O) groups excluding carboxylic acids is 1. The number of para-hydroxylation sites is 1. The van der Waals surface area contributed by atoms with Gasteiger partial charge in [0.1, 0.15) is 10.7 Å². The van der Waals surface area contributed by atoms with Crippen LogP contribution in [0.5, 0.6) is 0 Å². The molecule has 0 saturated heterocycles. The Bertz CT molecular complexity index is 577. The van der Waals surface area contributed by atoms with Crippen LogP contribution < -0.4 is 15.8 Å². The standard InChI is InChI=1S/C11H16FN3O4S/c1-19-6-5-14-10(16)7-15-20(17,18)9-4-2-3-8(12)11(9)13/h2-4,15H,5-7,13H2,1H3,(H,14,16). The maximum atomic E-state index is 13.2. The average molecular weight is 305 g/mol. The van der Waals surface area contributed by atoms with E-state index in [9.17, 15) is 17.6 Å². The van der Waals surface area contributed by atoms with E-state index in [1.807, 2.05) is 4.72 Å². The number of anilines is 1. The zero-order valence-corrected chi connectivity index (χ0v) is 11.7. The lowest BCUT2D eigenvalue weighted by Gasteiger charge is -2.09. The molecule has 20 heavy (non-hydrogen) atoms. The summed E-state index contributed by atoms with van der Waals surface area (Å²) in [5, 5.41) is 2.44. The third-order valence-electron chi connectivity index (χ3n) is 2.35. The fourth-order valence-corrected chi connectivity index (χ4v) is 2.47. The summed E-state index contributed by atoms with van der Waals surface area (Å²) in [5.41, 5.74) is 4.88. The molecule has 1 aromatic rings. The summed E-state index contributed by atoms with van der Waals surface area (Å²) in [6.07, 6.45) is 0. The molecule has 4 N–H and O–H groups in total. The van der Waals surface area contributed by atoms with E-state index in [-0.39, 0.29) is 6.54 Å². The number of nitrogens with two attached hydrogens (primary N) is 1. The summed E-state index contributed by atoms with van der Waals surface area (Å²) in [6, 6.07) is 3.42. The Morgan fingerprint density at radius 1 is 1.45 bits per heavy atom. The molecule has 0 saturated carbocycles. The molecular formula is C11H16FN3O4S. The van der Waals surface area contributed by atoms with Crippen molar-refractivity contribution in [2.45, 2.75) is 4.90 Å². The van der Waals surface area contributed by atoms with Crippen LogP contribution in [0.25, 0.3) is 0 Å². The Balaban J connectivity index is 2.67. The van der Waals surface area contributed by atoms with Crippen LogP contribution >= 0.6 is 0 Å². The smallest absolute Gasteiger partial charge is 0.243 e. The molecule has 1 aromatic carbocycles. The first-order valence-corrected chi connectivity index (χ1v) is 7.16. The molecule has 0 aromatic heterocycles. The predicted molar refractivity (Wildman–Crippen MR) is 70.9 cm³/mol. The second-order valence-electron chi connectivity index (χ2n) is 3.82. The lowest BCUT2D eigenvalue weighted by atomic mass is 10.3. The van der Waals surface area contributed by atoms with Crippen molar-refractivity contribution in [3.63, 3.8) is 0 Å². The molecule has 0 heterocycles. The van der Waals surface area contributed by atoms with Crippen molar-refractivity contribution < 1.29 is 22.3 Å². The Morgan fingerprint density at radius 2 is 2.15 bits per heavy atom. The van der Waals surface area contributed by atoms with Crippen molar-refractivity contribution >= 4 is 21.6 Å². The summed E-state index contributed by atoms with van der Waals surface area (Å²) in [7, 11) is -2.57. The number of nitrogens with one attached hydrogen (secondary N) is 2. The Labute approximate surface area is 116 Å². The van der Waals surface area contributed by atoms with E-state index in [4.69, 9.17) is 10.5 Å². The number of amides is 1. The fraction of sp³-hybridized carbons (Fsp3) is 0.364. The summed E-state index contributed by atoms with van der Waals surface area (Å²) in [5.74, 6) is -1.36. The van der Waals surface area contributed by atoms with Crippen molar-refractivity contribution in [2.75, 3.05) is 32.5 Å². The van der Waals surface area contributed by atoms with Crippen LogP contribution in [0, 0.1) is 5.82 Å². The maximum absolute atomic E-state index is 13.2. The number of hydrogen-bond donors (Lipinski definition) is 3. The molecule has 0 bridgehead atoms. The Hall–Kier alpha value is -1.71. The van der Waals surface area contributed by atoms with Crippen LogP contribution in [0.4, 0.5) is 10.1 Å². The lowest BCUT2D eigenvalue weighted by Crippen LogP contribution is -2.38. The zero-order valence-electron chi connectivity index (χ0n) is 10.8. The predicted octanol–water partition coefficient (Wildman–Crippen LogP) is -0.551. The van der Waals surface area contributed by atoms with Crippen LogP contribution in [-0.2, 0) is 19.6 Å². The van der Waals surface area contributed by atoms with Gasteiger partial charge in [0.2, 0.25) is 15.9 Å². The molecule has 1 rings (SSSR count). The van der Waals surface area contributed by atoms with Gasteiger partial charge in [0.15, 0.2) is 0 Å². The molecular weight excluding hydrogens is 289 g/mol. The molecule has 0 spiro atoms. The van der Waals surface area contributed by atoms with Gasteiger partial charge in [-0.15, -0.1) is 0 Å². The third-order valence-corrected chi connectivity index (χ3v) is 3.81. The van der Waals surface area contributed by atoms with E-state index in [0.717, 1.165) is 12.1 Å². The van der Waals surface area contributed by atoms with Gasteiger partial charge in [0.25, 0.3) is 0 Å². The lowest BCUT2D eigenvalue weighted by molar-refractivity contribution is -0.120. The molecule has 0 atom stereocenters. The molecule has 0 unspecified atom stereocenters. The second kappa shape index (κ2) is 7.17. The van der Waals surface area contributed by atoms with Crippen molar-refractivity contribution in [1.29, 1.82) is 0 Å². The highest BCUT2D eigenvalue weighted by atomic mass is 32.2. The summed E-state index contributed by atoms with van der Waals surface area (Å²) in [6.45, 7) is 0.108. The van der Waals surface area contributed by atoms with Crippen molar-refractivity contribution in [2.24, 2.45) is 0 Å². The summed E-state index contributed by atoms with van der Waals surface area (Å²) in [4.78, 5) is 10.9. The van der Waals surface area contributed by atoms with Crippen LogP contribution in [-0.4, -0.2) is 41.1 Å². The quantitative estimate of drug-likeness (QED) is 0.462. The van der Waals surface area contributed by atoms with Gasteiger partial charge in [-0.3, -0.25) is 4.79 Å². The first-order chi connectivity index (χ1) is 9.38. The first-order valence-electron chi connectivity index (χ1n) is 5.67. The third kappa shape index (κ3) is 4.44. The first kappa shape index (κ1) is 16.3. The van der Waals surface area contributed by atoms with Crippen LogP contribution in [0.3, 0.4) is 0 Å². The number of methoxy groups -OCH3 is 1. The second-order valence-corrected chi connectivity index (χ2v) is 5.55. The van der Waals surface area contributed by atoms with Gasteiger partial charge in [-0.25, -0.2) is 17.5 Å². The minimum absolute atomic E-state index is 0.263. The van der Waals surface area contributed by atoms with Crippen LogP contribution in [0.15, 0.2) is 23.1 Å². The molecule has 9 heteroatoms. The minimum atomic E-state index is -4.05. The summed E-state index contributed by atoms with van der Waals surface area (Å²) < 4.78 is 43.7. The van der Waals surface area contributed by atoms with E-state index in [2.05, 4.69) is 5.32 Å². The molecule has 7 nitrogen and oxygen atoms in total. The topological polar surface area (TPSA) is 111 Å². The van der Waals surface area contributed by atoms with Gasteiger partial charge in [-0.05, 0) is 12.1 Å². The molecule has 0 aliphatic heterocycles. The van der Waals surface area contributed by atoms with Gasteiger partial charge in [-0.2, -0.15) is 0 Å². The van der Waals surface area contributed by atoms with Gasteiger partial charge >= 0.3 is 0 Å². The van der Waals surface area contributed by atoms with Gasteiger partial charge in [0, 0.05) is 13.7 Å². The number of ether oxygens (including phenoxy) is 1. The SMILES string of the molecule is COCCNC(=O)CNS(=O)(=O)c1cccc(F)c1N. The van der Waals surface area contributed by atoms with E-state index in [0.29, 0.717) is 6.61 Å². The minimum Gasteiger partial charge on any atom is -0.395 e. The van der Waals surface area contributed by atoms with Crippen LogP contribution in [0.1, 0.15) is 0 Å². The van der Waals surface area contributed by atoms with E-state index in [1.54, 1.807) is 0 Å². The highest BCUT2D eigenvalue weighted by Crippen LogP contribution is 2.20. The number of carbonyl (C=O) groups is 1. The molecule has 0 aliphatic rings. The number of nitrogen functional groups attached to an aromatic ring is 1. The maximum Gasteiger partial charge on any atom is 0.243 e. The van der Waals surface area contributed by atoms with E-state index in [1.165, 1.54) is 13.2 Å². The number of sulfonamides is 1. The molecule has 112 valence electrons. The molecule has 0 fully saturated rings. The van der Waals surface area contributed by atoms with Crippen LogP contribution in [0.2, 0.25) is 0 Å². The van der Waals surface area contributed by atoms with E-state index >= 15 is 0 Å². The van der Waals surface area contributed by atoms with Crippen molar-refractivity contribution in [3.05, 3.63) is 24.0 Å². The fourth-order valence-electron chi connectivity index (χ4n) is 1.34. The number of halogens is 1. The normalized spacial score (nSPS) is 11.3.